The van der Waals surface area contributed by atoms with Crippen molar-refractivity contribution < 1.29 is 14.0 Å². The molecule has 2 heterocycles. The zero-order valence-corrected chi connectivity index (χ0v) is 13.8. The average Bonchev–Trinajstić information content (AvgIpc) is 2.62. The molecule has 1 aromatic heterocycles. The lowest BCUT2D eigenvalue weighted by Crippen LogP contribution is -2.50. The highest BCUT2D eigenvalue weighted by atomic mass is 19.1. The van der Waals surface area contributed by atoms with E-state index in [9.17, 15) is 14.0 Å². The largest absolute Gasteiger partial charge is 0.339 e. The number of hydrogen-bond acceptors (Lipinski definition) is 5. The van der Waals surface area contributed by atoms with Gasteiger partial charge >= 0.3 is 0 Å². The lowest BCUT2D eigenvalue weighted by atomic mass is 10.2. The van der Waals surface area contributed by atoms with Crippen molar-refractivity contribution in [3.63, 3.8) is 0 Å². The molecule has 1 fully saturated rings. The maximum atomic E-state index is 13.2. The summed E-state index contributed by atoms with van der Waals surface area (Å²) >= 11 is 0. The van der Waals surface area contributed by atoms with Crippen LogP contribution in [0.25, 0.3) is 0 Å². The topological polar surface area (TPSA) is 78.4 Å². The molecule has 0 radical (unpaired) electrons. The van der Waals surface area contributed by atoms with Gasteiger partial charge in [0.1, 0.15) is 5.82 Å². The minimum Gasteiger partial charge on any atom is -0.339 e. The molecule has 1 saturated heterocycles. The predicted octanol–water partition coefficient (Wildman–Crippen LogP) is 1.66. The highest BCUT2D eigenvalue weighted by Gasteiger charge is 2.23. The molecule has 0 atom stereocenters. The lowest BCUT2D eigenvalue weighted by Gasteiger charge is -2.34. The van der Waals surface area contributed by atoms with Crippen molar-refractivity contribution in [1.29, 1.82) is 0 Å². The van der Waals surface area contributed by atoms with Gasteiger partial charge in [-0.3, -0.25) is 9.59 Å². The zero-order chi connectivity index (χ0) is 17.8. The summed E-state index contributed by atoms with van der Waals surface area (Å²) in [7, 11) is 0. The smallest absolute Gasteiger partial charge is 0.257 e. The summed E-state index contributed by atoms with van der Waals surface area (Å²) in [6, 6.07) is 5.95. The van der Waals surface area contributed by atoms with E-state index in [1.165, 1.54) is 31.5 Å². The van der Waals surface area contributed by atoms with Crippen LogP contribution in [0.5, 0.6) is 0 Å². The van der Waals surface area contributed by atoms with Crippen molar-refractivity contribution in [1.82, 2.24) is 19.8 Å². The first kappa shape index (κ1) is 16.8. The molecule has 1 aliphatic heterocycles. The van der Waals surface area contributed by atoms with Gasteiger partial charge in [-0.2, -0.15) is 0 Å². The van der Waals surface area contributed by atoms with Crippen molar-refractivity contribution in [3.8, 4) is 0 Å². The van der Waals surface area contributed by atoms with Crippen molar-refractivity contribution in [3.05, 3.63) is 48.0 Å². The number of halogens is 1. The third kappa shape index (κ3) is 4.09. The van der Waals surface area contributed by atoms with Crippen molar-refractivity contribution in [2.24, 2.45) is 0 Å². The summed E-state index contributed by atoms with van der Waals surface area (Å²) in [4.78, 5) is 35.4. The van der Waals surface area contributed by atoms with Crippen LogP contribution in [0.1, 0.15) is 17.3 Å². The quantitative estimate of drug-likeness (QED) is 0.917. The fourth-order valence-electron chi connectivity index (χ4n) is 2.61. The van der Waals surface area contributed by atoms with Crippen molar-refractivity contribution in [2.45, 2.75) is 6.92 Å². The monoisotopic (exact) mass is 343 g/mol. The number of rotatable bonds is 3. The first-order valence-electron chi connectivity index (χ1n) is 7.92. The molecule has 1 N–H and O–H groups in total. The highest BCUT2D eigenvalue weighted by Crippen LogP contribution is 2.14. The fourth-order valence-corrected chi connectivity index (χ4v) is 2.61. The molecule has 130 valence electrons. The van der Waals surface area contributed by atoms with Crippen molar-refractivity contribution >= 4 is 23.5 Å². The van der Waals surface area contributed by atoms with Crippen LogP contribution in [0.4, 0.5) is 16.0 Å². The second-order valence-electron chi connectivity index (χ2n) is 5.73. The normalized spacial score (nSPS) is 14.3. The molecule has 1 aliphatic rings. The number of piperazine rings is 1. The molecular weight excluding hydrogens is 325 g/mol. The van der Waals surface area contributed by atoms with Gasteiger partial charge in [0.15, 0.2) is 0 Å². The molecule has 25 heavy (non-hydrogen) atoms. The van der Waals surface area contributed by atoms with Gasteiger partial charge in [0.05, 0.1) is 5.56 Å². The molecule has 0 spiro atoms. The van der Waals surface area contributed by atoms with E-state index >= 15 is 0 Å². The van der Waals surface area contributed by atoms with Gasteiger partial charge in [0.2, 0.25) is 11.9 Å². The van der Waals surface area contributed by atoms with E-state index in [0.29, 0.717) is 37.4 Å². The third-order valence-corrected chi connectivity index (χ3v) is 3.99. The lowest BCUT2D eigenvalue weighted by molar-refractivity contribution is -0.130. The van der Waals surface area contributed by atoms with Crippen LogP contribution < -0.4 is 5.32 Å². The molecule has 0 unspecified atom stereocenters. The van der Waals surface area contributed by atoms with Gasteiger partial charge in [0, 0.05) is 51.2 Å². The standard InChI is InChI=1S/C17H18FN5O2/c1-12(24)22-5-7-23(8-6-22)16(25)13-10-19-17(20-11-13)21-15-4-2-3-14(18)9-15/h2-4,9-11H,5-8H2,1H3,(H,19,20,21). The number of amides is 2. The first-order valence-corrected chi connectivity index (χ1v) is 7.92. The number of carbonyl (C=O) groups is 2. The molecular formula is C17H18FN5O2. The van der Waals surface area contributed by atoms with Crippen LogP contribution in [0.3, 0.4) is 0 Å². The SMILES string of the molecule is CC(=O)N1CCN(C(=O)c2cnc(Nc3cccc(F)c3)nc2)CC1. The van der Waals surface area contributed by atoms with Crippen LogP contribution in [0, 0.1) is 5.82 Å². The highest BCUT2D eigenvalue weighted by molar-refractivity contribution is 5.94. The Labute approximate surface area is 144 Å². The Hall–Kier alpha value is -3.03. The molecule has 0 bridgehead atoms. The Morgan fingerprint density at radius 2 is 1.72 bits per heavy atom. The van der Waals surface area contributed by atoms with E-state index < -0.39 is 0 Å². The first-order chi connectivity index (χ1) is 12.0. The molecule has 0 saturated carbocycles. The molecule has 2 aromatic rings. The number of nitrogens with zero attached hydrogens (tertiary/aromatic N) is 4. The predicted molar refractivity (Wildman–Crippen MR) is 89.9 cm³/mol. The summed E-state index contributed by atoms with van der Waals surface area (Å²) in [6.07, 6.45) is 2.88. The number of carbonyl (C=O) groups excluding carboxylic acids is 2. The average molecular weight is 343 g/mol. The fraction of sp³-hybridized carbons (Fsp3) is 0.294. The molecule has 1 aromatic carbocycles. The van der Waals surface area contributed by atoms with Crippen LogP contribution in [0.2, 0.25) is 0 Å². The van der Waals surface area contributed by atoms with Crippen LogP contribution in [-0.2, 0) is 4.79 Å². The molecule has 8 heteroatoms. The maximum absolute atomic E-state index is 13.2. The zero-order valence-electron chi connectivity index (χ0n) is 13.8. The van der Waals surface area contributed by atoms with Crippen molar-refractivity contribution in [2.75, 3.05) is 31.5 Å². The van der Waals surface area contributed by atoms with Gasteiger partial charge < -0.3 is 15.1 Å². The Balaban J connectivity index is 1.62. The van der Waals surface area contributed by atoms with Crippen LogP contribution >= 0.6 is 0 Å². The number of aromatic nitrogens is 2. The summed E-state index contributed by atoms with van der Waals surface area (Å²) in [5, 5.41) is 2.88. The van der Waals surface area contributed by atoms with Gasteiger partial charge in [-0.25, -0.2) is 14.4 Å². The molecule has 2 amide bonds. The van der Waals surface area contributed by atoms with E-state index in [4.69, 9.17) is 0 Å². The molecule has 3 rings (SSSR count). The number of nitrogens with one attached hydrogen (secondary N) is 1. The van der Waals surface area contributed by atoms with E-state index in [2.05, 4.69) is 15.3 Å². The Kier molecular flexibility index (Phi) is 4.87. The van der Waals surface area contributed by atoms with Gasteiger partial charge in [0.25, 0.3) is 5.91 Å². The van der Waals surface area contributed by atoms with E-state index in [-0.39, 0.29) is 23.6 Å². The van der Waals surface area contributed by atoms with E-state index in [0.717, 1.165) is 0 Å². The number of hydrogen-bond donors (Lipinski definition) is 1. The summed E-state index contributed by atoms with van der Waals surface area (Å²) in [6.45, 7) is 3.56. The molecule has 7 nitrogen and oxygen atoms in total. The van der Waals surface area contributed by atoms with Gasteiger partial charge in [-0.1, -0.05) is 6.07 Å². The second kappa shape index (κ2) is 7.25. The minimum atomic E-state index is -0.360. The number of benzene rings is 1. The Bertz CT molecular complexity index is 773. The Morgan fingerprint density at radius 3 is 2.32 bits per heavy atom. The maximum Gasteiger partial charge on any atom is 0.257 e. The van der Waals surface area contributed by atoms with Crippen LogP contribution in [0.15, 0.2) is 36.7 Å². The summed E-state index contributed by atoms with van der Waals surface area (Å²) < 4.78 is 13.2. The van der Waals surface area contributed by atoms with Crippen LogP contribution in [-0.4, -0.2) is 57.8 Å². The van der Waals surface area contributed by atoms with Gasteiger partial charge in [-0.05, 0) is 18.2 Å². The number of anilines is 2. The Morgan fingerprint density at radius 1 is 1.08 bits per heavy atom. The summed E-state index contributed by atoms with van der Waals surface area (Å²) in [5.41, 5.74) is 0.903. The van der Waals surface area contributed by atoms with E-state index in [1.807, 2.05) is 0 Å². The second-order valence-corrected chi connectivity index (χ2v) is 5.73. The summed E-state index contributed by atoms with van der Waals surface area (Å²) in [5.74, 6) is -0.228. The van der Waals surface area contributed by atoms with Gasteiger partial charge in [-0.15, -0.1) is 0 Å². The minimum absolute atomic E-state index is 0.0169. The van der Waals surface area contributed by atoms with E-state index in [1.54, 1.807) is 21.9 Å². The third-order valence-electron chi connectivity index (χ3n) is 3.99. The molecule has 0 aliphatic carbocycles.